The molecule has 0 aliphatic heterocycles. The molecule has 0 amide bonds. The first-order valence-corrected chi connectivity index (χ1v) is 3.85. The number of H-pyrrole nitrogens is 1. The van der Waals surface area contributed by atoms with Gasteiger partial charge in [-0.2, -0.15) is 0 Å². The Bertz CT molecular complexity index is 361. The van der Waals surface area contributed by atoms with Crippen LogP contribution in [0.5, 0.6) is 0 Å². The number of methoxy groups -OCH3 is 1. The van der Waals surface area contributed by atoms with E-state index in [0.717, 1.165) is 0 Å². The molecule has 0 saturated carbocycles. The van der Waals surface area contributed by atoms with E-state index >= 15 is 0 Å². The zero-order valence-electron chi connectivity index (χ0n) is 7.83. The molecule has 0 aromatic carbocycles. The van der Waals surface area contributed by atoms with Crippen molar-refractivity contribution in [3.05, 3.63) is 22.9 Å². The maximum atomic E-state index is 11.3. The van der Waals surface area contributed by atoms with Gasteiger partial charge in [-0.1, -0.05) is 0 Å². The summed E-state index contributed by atoms with van der Waals surface area (Å²) in [5, 5.41) is 0. The topological polar surface area (TPSA) is 64.1 Å². The highest BCUT2D eigenvalue weighted by Gasteiger charge is 2.31. The molecule has 0 aliphatic rings. The molecule has 72 valence electrons. The Morgan fingerprint density at radius 3 is 2.62 bits per heavy atom. The number of nitrogens with zero attached hydrogens (tertiary/aromatic N) is 1. The van der Waals surface area contributed by atoms with Gasteiger partial charge < -0.3 is 9.72 Å². The Kier molecular flexibility index (Phi) is 2.27. The van der Waals surface area contributed by atoms with Crippen LogP contribution in [0.15, 0.2) is 17.2 Å². The van der Waals surface area contributed by atoms with Gasteiger partial charge >= 0.3 is 11.7 Å². The number of rotatable bonds is 2. The van der Waals surface area contributed by atoms with E-state index in [9.17, 15) is 9.59 Å². The Morgan fingerprint density at radius 2 is 2.23 bits per heavy atom. The van der Waals surface area contributed by atoms with Gasteiger partial charge in [0, 0.05) is 12.4 Å². The molecule has 0 aliphatic carbocycles. The van der Waals surface area contributed by atoms with Crippen molar-refractivity contribution in [1.82, 2.24) is 9.55 Å². The summed E-state index contributed by atoms with van der Waals surface area (Å²) in [6.07, 6.45) is 2.99. The number of carbonyl (C=O) groups is 1. The van der Waals surface area contributed by atoms with Crippen molar-refractivity contribution in [1.29, 1.82) is 0 Å². The fourth-order valence-electron chi connectivity index (χ4n) is 1.11. The first-order chi connectivity index (χ1) is 6.00. The number of hydrogen-bond donors (Lipinski definition) is 1. The zero-order chi connectivity index (χ0) is 10.1. The number of ether oxygens (including phenoxy) is 1. The second-order valence-electron chi connectivity index (χ2n) is 3.19. The van der Waals surface area contributed by atoms with Gasteiger partial charge in [0.15, 0.2) is 0 Å². The molecule has 5 heteroatoms. The molecule has 1 heterocycles. The molecule has 0 spiro atoms. The summed E-state index contributed by atoms with van der Waals surface area (Å²) in [5.41, 5.74) is -1.29. The number of imidazole rings is 1. The Morgan fingerprint density at radius 1 is 1.62 bits per heavy atom. The maximum Gasteiger partial charge on any atom is 0.331 e. The fourth-order valence-corrected chi connectivity index (χ4v) is 1.11. The molecule has 1 aromatic rings. The monoisotopic (exact) mass is 184 g/mol. The lowest BCUT2D eigenvalue weighted by Crippen LogP contribution is -2.42. The first-order valence-electron chi connectivity index (χ1n) is 3.85. The van der Waals surface area contributed by atoms with E-state index in [4.69, 9.17) is 0 Å². The van der Waals surface area contributed by atoms with E-state index in [1.165, 1.54) is 24.1 Å². The minimum atomic E-state index is -0.966. The molecule has 0 radical (unpaired) electrons. The molecular weight excluding hydrogens is 172 g/mol. The Balaban J connectivity index is 3.14. The summed E-state index contributed by atoms with van der Waals surface area (Å²) in [6.45, 7) is 3.24. The van der Waals surface area contributed by atoms with Gasteiger partial charge in [-0.15, -0.1) is 0 Å². The molecule has 0 atom stereocenters. The normalized spacial score (nSPS) is 11.3. The second-order valence-corrected chi connectivity index (χ2v) is 3.19. The average Bonchev–Trinajstić information content (AvgIpc) is 2.50. The van der Waals surface area contributed by atoms with Gasteiger partial charge in [0.1, 0.15) is 5.54 Å². The summed E-state index contributed by atoms with van der Waals surface area (Å²) in [4.78, 5) is 24.9. The smallest absolute Gasteiger partial charge is 0.331 e. The highest BCUT2D eigenvalue weighted by molar-refractivity contribution is 5.77. The standard InChI is InChI=1S/C8H12N2O3/c1-8(2,6(11)13-3)10-5-4-9-7(10)12/h4-5H,1-3H3,(H,9,12). The highest BCUT2D eigenvalue weighted by atomic mass is 16.5. The first kappa shape index (κ1) is 9.57. The predicted octanol–water partition coefficient (Wildman–Crippen LogP) is 0.0845. The molecule has 0 unspecified atom stereocenters. The quantitative estimate of drug-likeness (QED) is 0.662. The molecule has 5 nitrogen and oxygen atoms in total. The second kappa shape index (κ2) is 3.08. The summed E-state index contributed by atoms with van der Waals surface area (Å²) in [5.74, 6) is -0.450. The Hall–Kier alpha value is -1.52. The third-order valence-electron chi connectivity index (χ3n) is 1.94. The van der Waals surface area contributed by atoms with Gasteiger partial charge in [0.2, 0.25) is 0 Å². The van der Waals surface area contributed by atoms with E-state index < -0.39 is 11.5 Å². The van der Waals surface area contributed by atoms with E-state index in [0.29, 0.717) is 0 Å². The highest BCUT2D eigenvalue weighted by Crippen LogP contribution is 2.13. The minimum Gasteiger partial charge on any atom is -0.467 e. The van der Waals surface area contributed by atoms with Crippen molar-refractivity contribution in [2.75, 3.05) is 7.11 Å². The van der Waals surface area contributed by atoms with Crippen LogP contribution in [0.2, 0.25) is 0 Å². The number of carbonyl (C=O) groups excluding carboxylic acids is 1. The van der Waals surface area contributed by atoms with Gasteiger partial charge in [0.25, 0.3) is 0 Å². The van der Waals surface area contributed by atoms with Crippen LogP contribution in [-0.4, -0.2) is 22.6 Å². The van der Waals surface area contributed by atoms with Crippen LogP contribution in [-0.2, 0) is 15.1 Å². The van der Waals surface area contributed by atoms with Crippen LogP contribution in [0.25, 0.3) is 0 Å². The summed E-state index contributed by atoms with van der Waals surface area (Å²) in [6, 6.07) is 0. The van der Waals surface area contributed by atoms with Crippen molar-refractivity contribution in [2.24, 2.45) is 0 Å². The van der Waals surface area contributed by atoms with Gasteiger partial charge in [-0.25, -0.2) is 9.59 Å². The molecule has 0 saturated heterocycles. The third-order valence-corrected chi connectivity index (χ3v) is 1.94. The molecule has 0 fully saturated rings. The van der Waals surface area contributed by atoms with E-state index in [2.05, 4.69) is 9.72 Å². The predicted molar refractivity (Wildman–Crippen MR) is 46.4 cm³/mol. The number of hydrogen-bond acceptors (Lipinski definition) is 3. The van der Waals surface area contributed by atoms with Crippen LogP contribution in [0, 0.1) is 0 Å². The minimum absolute atomic E-state index is 0.324. The van der Waals surface area contributed by atoms with Crippen molar-refractivity contribution in [2.45, 2.75) is 19.4 Å². The van der Waals surface area contributed by atoms with Crippen LogP contribution in [0.4, 0.5) is 0 Å². The number of aromatic nitrogens is 2. The zero-order valence-corrected chi connectivity index (χ0v) is 7.83. The van der Waals surface area contributed by atoms with E-state index in [1.54, 1.807) is 13.8 Å². The van der Waals surface area contributed by atoms with Crippen LogP contribution in [0.3, 0.4) is 0 Å². The van der Waals surface area contributed by atoms with Crippen LogP contribution in [0.1, 0.15) is 13.8 Å². The molecule has 1 rings (SSSR count). The largest absolute Gasteiger partial charge is 0.467 e. The fraction of sp³-hybridized carbons (Fsp3) is 0.500. The summed E-state index contributed by atoms with van der Waals surface area (Å²) in [7, 11) is 1.29. The lowest BCUT2D eigenvalue weighted by atomic mass is 10.1. The third kappa shape index (κ3) is 1.49. The molecular formula is C8H12N2O3. The summed E-state index contributed by atoms with van der Waals surface area (Å²) < 4.78 is 5.87. The molecule has 13 heavy (non-hydrogen) atoms. The van der Waals surface area contributed by atoms with Crippen molar-refractivity contribution in [3.8, 4) is 0 Å². The SMILES string of the molecule is COC(=O)C(C)(C)n1cc[nH]c1=O. The summed E-state index contributed by atoms with van der Waals surface area (Å²) >= 11 is 0. The van der Waals surface area contributed by atoms with Crippen molar-refractivity contribution < 1.29 is 9.53 Å². The maximum absolute atomic E-state index is 11.3. The molecule has 1 aromatic heterocycles. The number of nitrogens with one attached hydrogen (secondary N) is 1. The van der Waals surface area contributed by atoms with Crippen LogP contribution < -0.4 is 5.69 Å². The van der Waals surface area contributed by atoms with Crippen LogP contribution >= 0.6 is 0 Å². The van der Waals surface area contributed by atoms with E-state index in [-0.39, 0.29) is 5.69 Å². The molecule has 0 bridgehead atoms. The van der Waals surface area contributed by atoms with E-state index in [1.807, 2.05) is 0 Å². The molecule has 1 N–H and O–H groups in total. The van der Waals surface area contributed by atoms with Gasteiger partial charge in [-0.3, -0.25) is 4.57 Å². The Labute approximate surface area is 75.3 Å². The lowest BCUT2D eigenvalue weighted by Gasteiger charge is -2.21. The number of esters is 1. The lowest BCUT2D eigenvalue weighted by molar-refractivity contribution is -0.149. The van der Waals surface area contributed by atoms with Crippen molar-refractivity contribution in [3.63, 3.8) is 0 Å². The average molecular weight is 184 g/mol. The van der Waals surface area contributed by atoms with Crippen molar-refractivity contribution >= 4 is 5.97 Å². The van der Waals surface area contributed by atoms with Gasteiger partial charge in [0.05, 0.1) is 7.11 Å². The van der Waals surface area contributed by atoms with Gasteiger partial charge in [-0.05, 0) is 13.8 Å². The number of aromatic amines is 1.